The van der Waals surface area contributed by atoms with E-state index in [0.29, 0.717) is 17.7 Å². The Morgan fingerprint density at radius 3 is 2.50 bits per heavy atom. The highest BCUT2D eigenvalue weighted by Gasteiger charge is 2.31. The van der Waals surface area contributed by atoms with Crippen molar-refractivity contribution in [3.63, 3.8) is 0 Å². The van der Waals surface area contributed by atoms with Gasteiger partial charge in [-0.3, -0.25) is 0 Å². The first-order valence-corrected chi connectivity index (χ1v) is 5.83. The quantitative estimate of drug-likeness (QED) is 0.714. The molecule has 3 heteroatoms. The van der Waals surface area contributed by atoms with Gasteiger partial charge in [-0.25, -0.2) is 9.97 Å². The van der Waals surface area contributed by atoms with Crippen molar-refractivity contribution in [3.05, 3.63) is 23.3 Å². The zero-order chi connectivity index (χ0) is 9.54. The molecule has 0 spiro atoms. The van der Waals surface area contributed by atoms with Gasteiger partial charge in [0, 0.05) is 23.6 Å². The van der Waals surface area contributed by atoms with E-state index in [1.54, 1.807) is 0 Å². The number of aromatic nitrogens is 2. The fourth-order valence-electron chi connectivity index (χ4n) is 1.79. The Balaban J connectivity index is 1.98. The maximum absolute atomic E-state index is 5.87. The summed E-state index contributed by atoms with van der Waals surface area (Å²) in [6.45, 7) is 0. The molecule has 1 aromatic heterocycles. The van der Waals surface area contributed by atoms with Crippen LogP contribution in [0.2, 0.25) is 0 Å². The summed E-state index contributed by atoms with van der Waals surface area (Å²) in [5.41, 5.74) is 2.37. The molecule has 74 valence electrons. The summed E-state index contributed by atoms with van der Waals surface area (Å²) < 4.78 is 0. The standard InChI is InChI=1S/C11H13ClN2/c12-5-9-6-13-11(8-3-4-8)14-10(9)7-1-2-7/h6-8H,1-5H2. The fourth-order valence-corrected chi connectivity index (χ4v) is 1.99. The molecule has 2 saturated carbocycles. The normalized spacial score (nSPS) is 21.2. The van der Waals surface area contributed by atoms with E-state index in [9.17, 15) is 0 Å². The summed E-state index contributed by atoms with van der Waals surface area (Å²) in [4.78, 5) is 9.06. The monoisotopic (exact) mass is 208 g/mol. The first kappa shape index (κ1) is 8.66. The van der Waals surface area contributed by atoms with Gasteiger partial charge in [0.05, 0.1) is 11.6 Å². The molecule has 3 rings (SSSR count). The summed E-state index contributed by atoms with van der Waals surface area (Å²) in [6, 6.07) is 0. The van der Waals surface area contributed by atoms with Crippen LogP contribution >= 0.6 is 11.6 Å². The minimum atomic E-state index is 0.552. The molecule has 2 fully saturated rings. The molecule has 2 aliphatic rings. The van der Waals surface area contributed by atoms with Crippen LogP contribution in [0, 0.1) is 0 Å². The Labute approximate surface area is 88.7 Å². The van der Waals surface area contributed by atoms with Crippen LogP contribution in [0.5, 0.6) is 0 Å². The Bertz CT molecular complexity index is 356. The van der Waals surface area contributed by atoms with Crippen LogP contribution < -0.4 is 0 Å². The zero-order valence-corrected chi connectivity index (χ0v) is 8.80. The number of rotatable bonds is 3. The van der Waals surface area contributed by atoms with Gasteiger partial charge < -0.3 is 0 Å². The highest BCUT2D eigenvalue weighted by molar-refractivity contribution is 6.17. The van der Waals surface area contributed by atoms with Gasteiger partial charge in [0.25, 0.3) is 0 Å². The largest absolute Gasteiger partial charge is 0.241 e. The number of hydrogen-bond donors (Lipinski definition) is 0. The van der Waals surface area contributed by atoms with Crippen LogP contribution in [0.1, 0.15) is 54.6 Å². The minimum Gasteiger partial charge on any atom is -0.241 e. The smallest absolute Gasteiger partial charge is 0.131 e. The number of hydrogen-bond acceptors (Lipinski definition) is 2. The van der Waals surface area contributed by atoms with Gasteiger partial charge in [-0.05, 0) is 25.7 Å². The van der Waals surface area contributed by atoms with Gasteiger partial charge in [-0.1, -0.05) is 0 Å². The summed E-state index contributed by atoms with van der Waals surface area (Å²) in [6.07, 6.45) is 7.03. The van der Waals surface area contributed by atoms with E-state index in [4.69, 9.17) is 11.6 Å². The van der Waals surface area contributed by atoms with Crippen molar-refractivity contribution in [1.82, 2.24) is 9.97 Å². The lowest BCUT2D eigenvalue weighted by molar-refractivity contribution is 0.855. The van der Waals surface area contributed by atoms with E-state index in [1.165, 1.54) is 31.4 Å². The molecular formula is C11H13ClN2. The van der Waals surface area contributed by atoms with Crippen molar-refractivity contribution in [3.8, 4) is 0 Å². The second-order valence-electron chi connectivity index (χ2n) is 4.32. The molecule has 0 atom stereocenters. The van der Waals surface area contributed by atoms with Gasteiger partial charge in [0.2, 0.25) is 0 Å². The molecule has 0 bridgehead atoms. The van der Waals surface area contributed by atoms with Crippen LogP contribution in [0.4, 0.5) is 0 Å². The van der Waals surface area contributed by atoms with Crippen LogP contribution in [0.3, 0.4) is 0 Å². The molecule has 1 heterocycles. The molecule has 2 aliphatic carbocycles. The highest BCUT2D eigenvalue weighted by atomic mass is 35.5. The molecule has 2 nitrogen and oxygen atoms in total. The third-order valence-corrected chi connectivity index (χ3v) is 3.26. The third-order valence-electron chi connectivity index (χ3n) is 2.97. The van der Waals surface area contributed by atoms with Crippen LogP contribution in [0.15, 0.2) is 6.20 Å². The maximum atomic E-state index is 5.87. The molecule has 0 unspecified atom stereocenters. The van der Waals surface area contributed by atoms with E-state index in [1.807, 2.05) is 6.20 Å². The average Bonchev–Trinajstić information content (AvgIpc) is 3.05. The Kier molecular flexibility index (Phi) is 1.98. The minimum absolute atomic E-state index is 0.552. The number of alkyl halides is 1. The second kappa shape index (κ2) is 3.20. The number of nitrogens with zero attached hydrogens (tertiary/aromatic N) is 2. The van der Waals surface area contributed by atoms with E-state index in [2.05, 4.69) is 9.97 Å². The summed E-state index contributed by atoms with van der Waals surface area (Å²) in [7, 11) is 0. The fraction of sp³-hybridized carbons (Fsp3) is 0.636. The SMILES string of the molecule is ClCc1cnc(C2CC2)nc1C1CC1. The summed E-state index contributed by atoms with van der Waals surface area (Å²) in [5.74, 6) is 2.94. The topological polar surface area (TPSA) is 25.8 Å². The maximum Gasteiger partial charge on any atom is 0.131 e. The molecule has 0 saturated heterocycles. The molecule has 0 aliphatic heterocycles. The predicted octanol–water partition coefficient (Wildman–Crippen LogP) is 2.97. The molecule has 0 N–H and O–H groups in total. The molecular weight excluding hydrogens is 196 g/mol. The summed E-state index contributed by atoms with van der Waals surface area (Å²) >= 11 is 5.87. The van der Waals surface area contributed by atoms with E-state index in [-0.39, 0.29) is 0 Å². The Morgan fingerprint density at radius 1 is 1.21 bits per heavy atom. The molecule has 0 aromatic carbocycles. The molecule has 0 amide bonds. The van der Waals surface area contributed by atoms with Gasteiger partial charge in [0.15, 0.2) is 0 Å². The summed E-state index contributed by atoms with van der Waals surface area (Å²) in [5, 5.41) is 0. The van der Waals surface area contributed by atoms with Crippen molar-refractivity contribution in [1.29, 1.82) is 0 Å². The second-order valence-corrected chi connectivity index (χ2v) is 4.59. The first-order chi connectivity index (χ1) is 6.88. The first-order valence-electron chi connectivity index (χ1n) is 5.30. The van der Waals surface area contributed by atoms with Crippen molar-refractivity contribution >= 4 is 11.6 Å². The molecule has 0 radical (unpaired) electrons. The van der Waals surface area contributed by atoms with Gasteiger partial charge in [0.1, 0.15) is 5.82 Å². The zero-order valence-electron chi connectivity index (χ0n) is 8.04. The van der Waals surface area contributed by atoms with Gasteiger partial charge in [-0.15, -0.1) is 11.6 Å². The van der Waals surface area contributed by atoms with Gasteiger partial charge >= 0.3 is 0 Å². The average molecular weight is 209 g/mol. The highest BCUT2D eigenvalue weighted by Crippen LogP contribution is 2.43. The third kappa shape index (κ3) is 1.52. The lowest BCUT2D eigenvalue weighted by Crippen LogP contribution is -2.01. The Morgan fingerprint density at radius 2 is 1.93 bits per heavy atom. The molecule has 14 heavy (non-hydrogen) atoms. The van der Waals surface area contributed by atoms with Crippen LogP contribution in [-0.2, 0) is 5.88 Å². The number of halogens is 1. The van der Waals surface area contributed by atoms with Crippen molar-refractivity contribution in [2.45, 2.75) is 43.4 Å². The van der Waals surface area contributed by atoms with Crippen molar-refractivity contribution in [2.24, 2.45) is 0 Å². The van der Waals surface area contributed by atoms with Crippen LogP contribution in [0.25, 0.3) is 0 Å². The van der Waals surface area contributed by atoms with E-state index >= 15 is 0 Å². The van der Waals surface area contributed by atoms with Crippen LogP contribution in [-0.4, -0.2) is 9.97 Å². The van der Waals surface area contributed by atoms with E-state index in [0.717, 1.165) is 11.4 Å². The van der Waals surface area contributed by atoms with Gasteiger partial charge in [-0.2, -0.15) is 0 Å². The molecule has 1 aromatic rings. The Hall–Kier alpha value is -0.630. The lowest BCUT2D eigenvalue weighted by Gasteiger charge is -2.06. The van der Waals surface area contributed by atoms with Crippen molar-refractivity contribution < 1.29 is 0 Å². The van der Waals surface area contributed by atoms with E-state index < -0.39 is 0 Å². The predicted molar refractivity (Wildman–Crippen MR) is 55.5 cm³/mol. The van der Waals surface area contributed by atoms with Crippen molar-refractivity contribution in [2.75, 3.05) is 0 Å². The lowest BCUT2D eigenvalue weighted by atomic mass is 10.2.